The van der Waals surface area contributed by atoms with Crippen LogP contribution < -0.4 is 10.4 Å². The molecule has 0 radical (unpaired) electrons. The maximum atomic E-state index is 12.9. The highest BCUT2D eigenvalue weighted by molar-refractivity contribution is 7.04. The standard InChI is InChI=1S/C29H31NOSi/c1-29(2,3)32(22-12-6-4-7-13-22,23-14-8-5-9-15-23)20-21-18-19-26(31)28-27(21)24-16-10-11-17-25(24)30-28/h4-17,21,30H,18-20H2,1-3H3. The number of benzene rings is 3. The van der Waals surface area contributed by atoms with E-state index in [1.54, 1.807) is 0 Å². The van der Waals surface area contributed by atoms with Crippen LogP contribution in [-0.2, 0) is 0 Å². The average molecular weight is 438 g/mol. The number of para-hydroxylation sites is 1. The van der Waals surface area contributed by atoms with Gasteiger partial charge in [-0.25, -0.2) is 0 Å². The Morgan fingerprint density at radius 2 is 1.41 bits per heavy atom. The molecule has 1 heterocycles. The molecule has 0 bridgehead atoms. The second-order valence-corrected chi connectivity index (χ2v) is 15.1. The van der Waals surface area contributed by atoms with Gasteiger partial charge in [0.05, 0.1) is 5.69 Å². The highest BCUT2D eigenvalue weighted by Gasteiger charge is 2.49. The Morgan fingerprint density at radius 3 is 2.00 bits per heavy atom. The summed E-state index contributed by atoms with van der Waals surface area (Å²) in [5.41, 5.74) is 3.19. The SMILES string of the molecule is CC(C)(C)[Si](CC1CCC(=O)c2[nH]c3ccccc3c21)(c1ccccc1)c1ccccc1. The topological polar surface area (TPSA) is 32.9 Å². The van der Waals surface area contributed by atoms with Gasteiger partial charge in [0.15, 0.2) is 5.78 Å². The zero-order chi connectivity index (χ0) is 22.3. The second kappa shape index (κ2) is 7.90. The molecule has 1 aliphatic rings. The first-order chi connectivity index (χ1) is 15.4. The monoisotopic (exact) mass is 437 g/mol. The van der Waals surface area contributed by atoms with Gasteiger partial charge in [0, 0.05) is 17.3 Å². The van der Waals surface area contributed by atoms with Crippen molar-refractivity contribution >= 4 is 35.1 Å². The van der Waals surface area contributed by atoms with Crippen LogP contribution in [0.3, 0.4) is 0 Å². The normalized spacial score (nSPS) is 16.8. The smallest absolute Gasteiger partial charge is 0.179 e. The summed E-state index contributed by atoms with van der Waals surface area (Å²) in [7, 11) is -2.21. The molecule has 3 heteroatoms. The molecule has 0 aliphatic heterocycles. The lowest BCUT2D eigenvalue weighted by Crippen LogP contribution is -2.64. The molecule has 1 aliphatic carbocycles. The number of H-pyrrole nitrogens is 1. The lowest BCUT2D eigenvalue weighted by Gasteiger charge is -2.46. The van der Waals surface area contributed by atoms with Gasteiger partial charge in [-0.1, -0.05) is 110 Å². The van der Waals surface area contributed by atoms with Gasteiger partial charge in [0.1, 0.15) is 8.07 Å². The van der Waals surface area contributed by atoms with Crippen LogP contribution >= 0.6 is 0 Å². The predicted octanol–water partition coefficient (Wildman–Crippen LogP) is 6.29. The average Bonchev–Trinajstić information content (AvgIpc) is 3.20. The zero-order valence-corrected chi connectivity index (χ0v) is 20.2. The molecule has 1 N–H and O–H groups in total. The Balaban J connectivity index is 1.74. The number of nitrogens with one attached hydrogen (secondary N) is 1. The Morgan fingerprint density at radius 1 is 0.844 bits per heavy atom. The van der Waals surface area contributed by atoms with Gasteiger partial charge in [-0.15, -0.1) is 0 Å². The molecule has 32 heavy (non-hydrogen) atoms. The maximum Gasteiger partial charge on any atom is 0.179 e. The number of carbonyl (C=O) groups is 1. The van der Waals surface area contributed by atoms with Gasteiger partial charge in [-0.3, -0.25) is 4.79 Å². The quantitative estimate of drug-likeness (QED) is 0.374. The Hall–Kier alpha value is -2.91. The Kier molecular flexibility index (Phi) is 5.17. The van der Waals surface area contributed by atoms with Crippen LogP contribution in [0.1, 0.15) is 55.6 Å². The van der Waals surface area contributed by atoms with E-state index < -0.39 is 8.07 Å². The summed E-state index contributed by atoms with van der Waals surface area (Å²) in [5.74, 6) is 0.625. The summed E-state index contributed by atoms with van der Waals surface area (Å²) in [5, 5.41) is 4.30. The van der Waals surface area contributed by atoms with Crippen LogP contribution in [0.15, 0.2) is 84.9 Å². The number of aromatic amines is 1. The minimum absolute atomic E-state index is 0.115. The van der Waals surface area contributed by atoms with Gasteiger partial charge in [-0.05, 0) is 35.1 Å². The molecule has 4 aromatic rings. The number of rotatable bonds is 4. The van der Waals surface area contributed by atoms with E-state index in [0.29, 0.717) is 12.3 Å². The molecule has 0 saturated carbocycles. The maximum absolute atomic E-state index is 12.9. The van der Waals surface area contributed by atoms with Crippen molar-refractivity contribution in [3.8, 4) is 0 Å². The minimum Gasteiger partial charge on any atom is -0.352 e. The van der Waals surface area contributed by atoms with Crippen molar-refractivity contribution in [1.82, 2.24) is 4.98 Å². The van der Waals surface area contributed by atoms with Crippen LogP contribution in [0.25, 0.3) is 10.9 Å². The first-order valence-corrected chi connectivity index (χ1v) is 13.9. The molecule has 2 nitrogen and oxygen atoms in total. The van der Waals surface area contributed by atoms with Gasteiger partial charge < -0.3 is 4.98 Å². The molecule has 0 amide bonds. The van der Waals surface area contributed by atoms with Crippen LogP contribution in [0.5, 0.6) is 0 Å². The summed E-state index contributed by atoms with van der Waals surface area (Å²) in [6.07, 6.45) is 1.56. The van der Waals surface area contributed by atoms with Crippen LogP contribution in [0.4, 0.5) is 0 Å². The fourth-order valence-corrected chi connectivity index (χ4v) is 11.8. The third-order valence-electron chi connectivity index (χ3n) is 7.52. The zero-order valence-electron chi connectivity index (χ0n) is 19.2. The van der Waals surface area contributed by atoms with Crippen molar-refractivity contribution in [2.45, 2.75) is 50.6 Å². The van der Waals surface area contributed by atoms with E-state index in [2.05, 4.69) is 105 Å². The van der Waals surface area contributed by atoms with E-state index in [9.17, 15) is 4.79 Å². The third-order valence-corrected chi connectivity index (χ3v) is 13.8. The summed E-state index contributed by atoms with van der Waals surface area (Å²) < 4.78 is 0. The second-order valence-electron chi connectivity index (χ2n) is 10.2. The first kappa shape index (κ1) is 21.0. The van der Waals surface area contributed by atoms with Crippen LogP contribution in [0.2, 0.25) is 11.1 Å². The number of Topliss-reactive ketones (excluding diaryl/α,β-unsaturated/α-hetero) is 1. The van der Waals surface area contributed by atoms with Crippen molar-refractivity contribution in [2.24, 2.45) is 0 Å². The number of carbonyl (C=O) groups excluding carboxylic acids is 1. The fraction of sp³-hybridized carbons (Fsp3) is 0.276. The van der Waals surface area contributed by atoms with Crippen molar-refractivity contribution in [1.29, 1.82) is 0 Å². The highest BCUT2D eigenvalue weighted by atomic mass is 28.3. The van der Waals surface area contributed by atoms with E-state index in [1.807, 2.05) is 6.07 Å². The lowest BCUT2D eigenvalue weighted by molar-refractivity contribution is 0.0964. The molecule has 0 fully saturated rings. The molecule has 1 aromatic heterocycles. The molecule has 1 atom stereocenters. The summed E-state index contributed by atoms with van der Waals surface area (Å²) in [4.78, 5) is 16.3. The summed E-state index contributed by atoms with van der Waals surface area (Å²) >= 11 is 0. The molecule has 5 rings (SSSR count). The Labute approximate surface area is 191 Å². The molecular formula is C29H31NOSi. The van der Waals surface area contributed by atoms with Gasteiger partial charge in [-0.2, -0.15) is 0 Å². The molecule has 162 valence electrons. The van der Waals surface area contributed by atoms with Gasteiger partial charge >= 0.3 is 0 Å². The van der Waals surface area contributed by atoms with Crippen LogP contribution in [0, 0.1) is 0 Å². The molecule has 0 saturated heterocycles. The number of fused-ring (bicyclic) bond motifs is 3. The van der Waals surface area contributed by atoms with Crippen molar-refractivity contribution in [3.05, 3.63) is 96.2 Å². The van der Waals surface area contributed by atoms with Crippen LogP contribution in [-0.4, -0.2) is 18.8 Å². The van der Waals surface area contributed by atoms with Crippen molar-refractivity contribution in [3.63, 3.8) is 0 Å². The Bertz CT molecular complexity index is 1210. The molecular weight excluding hydrogens is 406 g/mol. The minimum atomic E-state index is -2.21. The third kappa shape index (κ3) is 3.27. The van der Waals surface area contributed by atoms with Crippen molar-refractivity contribution in [2.75, 3.05) is 0 Å². The van der Waals surface area contributed by atoms with Gasteiger partial charge in [0.25, 0.3) is 0 Å². The molecule has 0 spiro atoms. The fourth-order valence-electron chi connectivity index (χ4n) is 5.98. The highest BCUT2D eigenvalue weighted by Crippen LogP contribution is 2.47. The number of hydrogen-bond acceptors (Lipinski definition) is 1. The van der Waals surface area contributed by atoms with Gasteiger partial charge in [0.2, 0.25) is 0 Å². The molecule has 1 unspecified atom stereocenters. The number of ketones is 1. The van der Waals surface area contributed by atoms with E-state index >= 15 is 0 Å². The predicted molar refractivity (Wildman–Crippen MR) is 137 cm³/mol. The van der Waals surface area contributed by atoms with E-state index in [1.165, 1.54) is 21.3 Å². The van der Waals surface area contributed by atoms with E-state index in [4.69, 9.17) is 0 Å². The van der Waals surface area contributed by atoms with E-state index in [-0.39, 0.29) is 10.8 Å². The van der Waals surface area contributed by atoms with Crippen molar-refractivity contribution < 1.29 is 4.79 Å². The number of hydrogen-bond donors (Lipinski definition) is 1. The lowest BCUT2D eigenvalue weighted by atomic mass is 9.85. The van der Waals surface area contributed by atoms with E-state index in [0.717, 1.165) is 23.7 Å². The summed E-state index contributed by atoms with van der Waals surface area (Å²) in [6.45, 7) is 7.26. The first-order valence-electron chi connectivity index (χ1n) is 11.7. The summed E-state index contributed by atoms with van der Waals surface area (Å²) in [6, 6.07) is 31.9. The molecule has 3 aromatic carbocycles. The number of aromatic nitrogens is 1. The largest absolute Gasteiger partial charge is 0.352 e.